The summed E-state index contributed by atoms with van der Waals surface area (Å²) in [5.74, 6) is -4.59. The molecular weight excluding hydrogens is 510 g/mol. The van der Waals surface area contributed by atoms with Crippen LogP contribution in [0, 0.1) is 11.8 Å². The first-order valence-corrected chi connectivity index (χ1v) is 13.7. The quantitative estimate of drug-likeness (QED) is 0.207. The van der Waals surface area contributed by atoms with Gasteiger partial charge in [0.15, 0.2) is 0 Å². The average molecular weight is 554 g/mol. The van der Waals surface area contributed by atoms with Crippen LogP contribution in [-0.4, -0.2) is 98.9 Å². The Balaban J connectivity index is 2.18. The van der Waals surface area contributed by atoms with Crippen LogP contribution in [0.5, 0.6) is 0 Å². The molecule has 2 heterocycles. The van der Waals surface area contributed by atoms with Gasteiger partial charge in [0.05, 0.1) is 6.04 Å². The summed E-state index contributed by atoms with van der Waals surface area (Å²) in [6, 6.07) is -4.90. The Kier molecular flexibility index (Phi) is 11.7. The minimum Gasteiger partial charge on any atom is -0.481 e. The van der Waals surface area contributed by atoms with Crippen molar-refractivity contribution in [3.8, 4) is 0 Å². The second-order valence-electron chi connectivity index (χ2n) is 11.2. The topological polar surface area (TPSA) is 199 Å². The fourth-order valence-corrected chi connectivity index (χ4v) is 5.15. The van der Waals surface area contributed by atoms with Gasteiger partial charge in [0.1, 0.15) is 24.2 Å². The van der Waals surface area contributed by atoms with Gasteiger partial charge in [0, 0.05) is 19.5 Å². The summed E-state index contributed by atoms with van der Waals surface area (Å²) in [5.41, 5.74) is 5.99. The molecule has 2 fully saturated rings. The van der Waals surface area contributed by atoms with Crippen LogP contribution in [0.25, 0.3) is 0 Å². The first-order valence-electron chi connectivity index (χ1n) is 13.7. The Hall–Kier alpha value is -3.22. The molecule has 2 aliphatic rings. The monoisotopic (exact) mass is 553 g/mol. The van der Waals surface area contributed by atoms with E-state index in [0.29, 0.717) is 25.7 Å². The van der Waals surface area contributed by atoms with Gasteiger partial charge in [-0.25, -0.2) is 4.79 Å². The smallest absolute Gasteiger partial charge is 0.326 e. The van der Waals surface area contributed by atoms with E-state index in [1.165, 1.54) is 4.90 Å². The van der Waals surface area contributed by atoms with Crippen molar-refractivity contribution in [2.45, 2.75) is 103 Å². The largest absolute Gasteiger partial charge is 0.481 e. The van der Waals surface area contributed by atoms with E-state index in [-0.39, 0.29) is 37.8 Å². The molecular formula is C26H43N5O8. The van der Waals surface area contributed by atoms with Gasteiger partial charge in [-0.1, -0.05) is 27.7 Å². The molecule has 0 aromatic rings. The van der Waals surface area contributed by atoms with Crippen LogP contribution in [0.2, 0.25) is 0 Å². The third-order valence-corrected chi connectivity index (χ3v) is 7.21. The highest BCUT2D eigenvalue weighted by Gasteiger charge is 2.42. The minimum atomic E-state index is -1.25. The van der Waals surface area contributed by atoms with Gasteiger partial charge in [-0.2, -0.15) is 0 Å². The van der Waals surface area contributed by atoms with E-state index in [4.69, 9.17) is 10.8 Å². The molecule has 2 saturated heterocycles. The molecule has 0 radical (unpaired) electrons. The minimum absolute atomic E-state index is 0.189. The number of carbonyl (C=O) groups excluding carboxylic acids is 4. The van der Waals surface area contributed by atoms with Gasteiger partial charge in [-0.15, -0.1) is 0 Å². The molecule has 13 nitrogen and oxygen atoms in total. The molecule has 0 aromatic heterocycles. The summed E-state index contributed by atoms with van der Waals surface area (Å²) in [5, 5.41) is 23.9. The number of likely N-dealkylation sites (tertiary alicyclic amines) is 2. The molecule has 220 valence electrons. The van der Waals surface area contributed by atoms with Crippen LogP contribution in [-0.2, 0) is 28.8 Å². The van der Waals surface area contributed by atoms with Crippen molar-refractivity contribution in [2.24, 2.45) is 17.6 Å². The molecule has 39 heavy (non-hydrogen) atoms. The molecule has 6 N–H and O–H groups in total. The maximum absolute atomic E-state index is 13.5. The molecule has 4 amide bonds. The van der Waals surface area contributed by atoms with Crippen LogP contribution in [0.3, 0.4) is 0 Å². The molecule has 0 aromatic carbocycles. The van der Waals surface area contributed by atoms with Crippen LogP contribution in [0.4, 0.5) is 0 Å². The highest BCUT2D eigenvalue weighted by molar-refractivity contribution is 5.96. The number of nitrogens with zero attached hydrogens (tertiary/aromatic N) is 2. The number of aliphatic carboxylic acids is 2. The van der Waals surface area contributed by atoms with Gasteiger partial charge in [0.25, 0.3) is 0 Å². The summed E-state index contributed by atoms with van der Waals surface area (Å²) in [6.07, 6.45) is 1.42. The number of amides is 4. The van der Waals surface area contributed by atoms with Gasteiger partial charge in [0.2, 0.25) is 23.6 Å². The number of carboxylic acid groups (broad SMARTS) is 2. The second-order valence-corrected chi connectivity index (χ2v) is 11.2. The lowest BCUT2D eigenvalue weighted by Crippen LogP contribution is -2.59. The SMILES string of the molecule is CC(C)C[C@H](N)C(=O)N[C@H](C(=O)N1CCC[C@H]1C(=O)N[C@@H](CCC(=O)O)C(=O)N1CCC[C@H]1C(=O)O)C(C)C. The highest BCUT2D eigenvalue weighted by atomic mass is 16.4. The van der Waals surface area contributed by atoms with Crippen molar-refractivity contribution in [3.05, 3.63) is 0 Å². The zero-order chi connectivity index (χ0) is 29.4. The molecule has 13 heteroatoms. The van der Waals surface area contributed by atoms with Crippen LogP contribution in [0.1, 0.15) is 72.6 Å². The Bertz CT molecular complexity index is 939. The summed E-state index contributed by atoms with van der Waals surface area (Å²) in [4.78, 5) is 78.1. The summed E-state index contributed by atoms with van der Waals surface area (Å²) >= 11 is 0. The zero-order valence-electron chi connectivity index (χ0n) is 23.2. The van der Waals surface area contributed by atoms with E-state index in [1.807, 2.05) is 13.8 Å². The third kappa shape index (κ3) is 8.64. The van der Waals surface area contributed by atoms with E-state index < -0.39 is 72.2 Å². The van der Waals surface area contributed by atoms with E-state index in [0.717, 1.165) is 4.90 Å². The van der Waals surface area contributed by atoms with Crippen molar-refractivity contribution in [1.82, 2.24) is 20.4 Å². The number of rotatable bonds is 13. The maximum Gasteiger partial charge on any atom is 0.326 e. The number of hydrogen-bond donors (Lipinski definition) is 5. The van der Waals surface area contributed by atoms with Crippen LogP contribution >= 0.6 is 0 Å². The van der Waals surface area contributed by atoms with Crippen molar-refractivity contribution >= 4 is 35.6 Å². The second kappa shape index (κ2) is 14.2. The number of nitrogens with two attached hydrogens (primary N) is 1. The number of nitrogens with one attached hydrogen (secondary N) is 2. The Morgan fingerprint density at radius 1 is 0.872 bits per heavy atom. The third-order valence-electron chi connectivity index (χ3n) is 7.21. The molecule has 0 bridgehead atoms. The van der Waals surface area contributed by atoms with Crippen LogP contribution < -0.4 is 16.4 Å². The molecule has 2 aliphatic heterocycles. The molecule has 0 unspecified atom stereocenters. The van der Waals surface area contributed by atoms with E-state index in [2.05, 4.69) is 10.6 Å². The summed E-state index contributed by atoms with van der Waals surface area (Å²) < 4.78 is 0. The fourth-order valence-electron chi connectivity index (χ4n) is 5.15. The van der Waals surface area contributed by atoms with Gasteiger partial charge < -0.3 is 36.4 Å². The predicted octanol–water partition coefficient (Wildman–Crippen LogP) is -0.0832. The average Bonchev–Trinajstić information content (AvgIpc) is 3.53. The molecule has 2 rings (SSSR count). The lowest BCUT2D eigenvalue weighted by atomic mass is 9.99. The Labute approximate surface area is 228 Å². The summed E-state index contributed by atoms with van der Waals surface area (Å²) in [6.45, 7) is 7.89. The van der Waals surface area contributed by atoms with E-state index in [1.54, 1.807) is 13.8 Å². The zero-order valence-corrected chi connectivity index (χ0v) is 23.2. The summed E-state index contributed by atoms with van der Waals surface area (Å²) in [7, 11) is 0. The molecule has 0 aliphatic carbocycles. The van der Waals surface area contributed by atoms with Crippen molar-refractivity contribution < 1.29 is 39.0 Å². The number of hydrogen-bond acceptors (Lipinski definition) is 7. The predicted molar refractivity (Wildman–Crippen MR) is 140 cm³/mol. The normalized spacial score (nSPS) is 21.5. The first-order chi connectivity index (χ1) is 18.2. The fraction of sp³-hybridized carbons (Fsp3) is 0.769. The van der Waals surface area contributed by atoms with Gasteiger partial charge in [-0.3, -0.25) is 24.0 Å². The standard InChI is InChI=1S/C26H43N5O8/c1-14(2)13-16(27)22(34)29-21(15(3)4)25(37)30-11-5-7-18(30)23(35)28-17(9-10-20(32)33)24(36)31-12-6-8-19(31)26(38)39/h14-19,21H,5-13,27H2,1-4H3,(H,28,35)(H,29,34)(H,32,33)(H,38,39)/t16-,17-,18-,19-,21-/m0/s1. The number of carbonyl (C=O) groups is 6. The molecule has 0 spiro atoms. The first kappa shape index (κ1) is 32.0. The Morgan fingerprint density at radius 3 is 1.95 bits per heavy atom. The van der Waals surface area contributed by atoms with Crippen molar-refractivity contribution in [2.75, 3.05) is 13.1 Å². The van der Waals surface area contributed by atoms with Crippen molar-refractivity contribution in [3.63, 3.8) is 0 Å². The lowest BCUT2D eigenvalue weighted by molar-refractivity contribution is -0.150. The van der Waals surface area contributed by atoms with E-state index in [9.17, 15) is 33.9 Å². The highest BCUT2D eigenvalue weighted by Crippen LogP contribution is 2.23. The van der Waals surface area contributed by atoms with Crippen molar-refractivity contribution in [1.29, 1.82) is 0 Å². The van der Waals surface area contributed by atoms with Crippen LogP contribution in [0.15, 0.2) is 0 Å². The van der Waals surface area contributed by atoms with Gasteiger partial charge in [-0.05, 0) is 50.4 Å². The Morgan fingerprint density at radius 2 is 1.44 bits per heavy atom. The molecule has 5 atom stereocenters. The maximum atomic E-state index is 13.5. The lowest BCUT2D eigenvalue weighted by Gasteiger charge is -2.32. The molecule has 0 saturated carbocycles. The van der Waals surface area contributed by atoms with Gasteiger partial charge >= 0.3 is 11.9 Å². The number of carboxylic acids is 2. The van der Waals surface area contributed by atoms with E-state index >= 15 is 0 Å².